The molecule has 0 unspecified atom stereocenters. The summed E-state index contributed by atoms with van der Waals surface area (Å²) in [5, 5.41) is 0. The van der Waals surface area contributed by atoms with Crippen LogP contribution in [-0.4, -0.2) is 0 Å². The van der Waals surface area contributed by atoms with Crippen LogP contribution in [0.25, 0.3) is 0 Å². The zero-order valence-electron chi connectivity index (χ0n) is 11.4. The van der Waals surface area contributed by atoms with Gasteiger partial charge in [-0.2, -0.15) is 0 Å². The lowest BCUT2D eigenvalue weighted by atomic mass is 9.72. The third-order valence-electron chi connectivity index (χ3n) is 3.49. The van der Waals surface area contributed by atoms with Crippen molar-refractivity contribution in [3.05, 3.63) is 46.0 Å². The van der Waals surface area contributed by atoms with Gasteiger partial charge in [-0.25, -0.2) is 0 Å². The molecule has 17 heavy (non-hydrogen) atoms. The van der Waals surface area contributed by atoms with Crippen LogP contribution >= 0.6 is 15.9 Å². The lowest BCUT2D eigenvalue weighted by Gasteiger charge is -2.32. The summed E-state index contributed by atoms with van der Waals surface area (Å²) in [5.41, 5.74) is 4.70. The van der Waals surface area contributed by atoms with Crippen molar-refractivity contribution in [2.45, 2.75) is 47.0 Å². The van der Waals surface area contributed by atoms with E-state index >= 15 is 0 Å². The first-order chi connectivity index (χ1) is 7.97. The Balaban J connectivity index is 2.89. The quantitative estimate of drug-likeness (QED) is 0.566. The van der Waals surface area contributed by atoms with Crippen molar-refractivity contribution in [1.82, 2.24) is 0 Å². The van der Waals surface area contributed by atoms with Gasteiger partial charge in [0, 0.05) is 0 Å². The molecule has 0 nitrogen and oxygen atoms in total. The highest BCUT2D eigenvalue weighted by molar-refractivity contribution is 9.11. The topological polar surface area (TPSA) is 0 Å². The monoisotopic (exact) mass is 294 g/mol. The molecule has 0 aromatic rings. The second-order valence-corrected chi connectivity index (χ2v) is 6.02. The van der Waals surface area contributed by atoms with Gasteiger partial charge in [0.1, 0.15) is 0 Å². The first kappa shape index (κ1) is 14.5. The molecule has 0 aromatic carbocycles. The van der Waals surface area contributed by atoms with Crippen LogP contribution in [0, 0.1) is 5.41 Å². The van der Waals surface area contributed by atoms with Crippen molar-refractivity contribution in [2.24, 2.45) is 5.41 Å². The minimum Gasteiger partial charge on any atom is -0.0696 e. The van der Waals surface area contributed by atoms with Crippen molar-refractivity contribution < 1.29 is 0 Å². The summed E-state index contributed by atoms with van der Waals surface area (Å²) in [6, 6.07) is 0. The average Bonchev–Trinajstić information content (AvgIpc) is 2.24. The Morgan fingerprint density at radius 2 is 2.06 bits per heavy atom. The van der Waals surface area contributed by atoms with Gasteiger partial charge in [-0.1, -0.05) is 65.2 Å². The average molecular weight is 295 g/mol. The Morgan fingerprint density at radius 1 is 1.35 bits per heavy atom. The molecule has 0 saturated carbocycles. The molecule has 0 N–H and O–H groups in total. The van der Waals surface area contributed by atoms with E-state index in [1.54, 1.807) is 5.57 Å². The van der Waals surface area contributed by atoms with E-state index in [-0.39, 0.29) is 0 Å². The SMILES string of the molecule is CC1=C(/C=C/C(C)=C/C=C\Br)C(C)(C)CCC1. The Morgan fingerprint density at radius 3 is 2.65 bits per heavy atom. The van der Waals surface area contributed by atoms with Crippen molar-refractivity contribution in [1.29, 1.82) is 0 Å². The zero-order valence-corrected chi connectivity index (χ0v) is 13.0. The van der Waals surface area contributed by atoms with Gasteiger partial charge >= 0.3 is 0 Å². The molecule has 0 bridgehead atoms. The highest BCUT2D eigenvalue weighted by Crippen LogP contribution is 2.40. The Labute approximate surface area is 114 Å². The number of hydrogen-bond donors (Lipinski definition) is 0. The molecule has 1 aliphatic carbocycles. The lowest BCUT2D eigenvalue weighted by molar-refractivity contribution is 0.377. The van der Waals surface area contributed by atoms with Gasteiger partial charge in [0.25, 0.3) is 0 Å². The van der Waals surface area contributed by atoms with Gasteiger partial charge in [-0.3, -0.25) is 0 Å². The van der Waals surface area contributed by atoms with E-state index in [4.69, 9.17) is 0 Å². The molecule has 0 atom stereocenters. The maximum absolute atomic E-state index is 3.27. The molecule has 94 valence electrons. The minimum absolute atomic E-state index is 0.338. The second-order valence-electron chi connectivity index (χ2n) is 5.49. The van der Waals surface area contributed by atoms with Crippen LogP contribution in [0.1, 0.15) is 47.0 Å². The summed E-state index contributed by atoms with van der Waals surface area (Å²) in [4.78, 5) is 1.87. The van der Waals surface area contributed by atoms with E-state index in [0.717, 1.165) is 0 Å². The van der Waals surface area contributed by atoms with E-state index in [0.29, 0.717) is 5.41 Å². The van der Waals surface area contributed by atoms with Crippen LogP contribution in [-0.2, 0) is 0 Å². The molecular weight excluding hydrogens is 272 g/mol. The third-order valence-corrected chi connectivity index (χ3v) is 3.79. The van der Waals surface area contributed by atoms with Gasteiger partial charge in [-0.05, 0) is 49.1 Å². The van der Waals surface area contributed by atoms with Crippen molar-refractivity contribution in [2.75, 3.05) is 0 Å². The fraction of sp³-hybridized carbons (Fsp3) is 0.500. The summed E-state index contributed by atoms with van der Waals surface area (Å²) in [5.74, 6) is 0. The molecule has 0 spiro atoms. The van der Waals surface area contributed by atoms with Gasteiger partial charge in [0.05, 0.1) is 0 Å². The lowest BCUT2D eigenvalue weighted by Crippen LogP contribution is -2.19. The summed E-state index contributed by atoms with van der Waals surface area (Å²) in [6.45, 7) is 9.12. The van der Waals surface area contributed by atoms with Crippen LogP contribution in [0.4, 0.5) is 0 Å². The molecule has 1 rings (SSSR count). The Bertz CT molecular complexity index is 378. The summed E-state index contributed by atoms with van der Waals surface area (Å²) in [6.07, 6.45) is 12.5. The molecule has 0 aliphatic heterocycles. The molecule has 0 radical (unpaired) electrons. The molecular formula is C16H23Br. The molecule has 0 aromatic heterocycles. The van der Waals surface area contributed by atoms with Gasteiger partial charge in [0.2, 0.25) is 0 Å². The molecule has 1 aliphatic rings. The molecule has 1 heteroatoms. The molecule has 0 heterocycles. The van der Waals surface area contributed by atoms with Crippen molar-refractivity contribution in [3.63, 3.8) is 0 Å². The van der Waals surface area contributed by atoms with Crippen LogP contribution in [0.3, 0.4) is 0 Å². The summed E-state index contributed by atoms with van der Waals surface area (Å²) < 4.78 is 0. The smallest absolute Gasteiger partial charge is 0.0104 e. The normalized spacial score (nSPS) is 21.8. The maximum atomic E-state index is 3.27. The van der Waals surface area contributed by atoms with Crippen LogP contribution in [0.5, 0.6) is 0 Å². The second kappa shape index (κ2) is 6.39. The number of hydrogen-bond acceptors (Lipinski definition) is 0. The van der Waals surface area contributed by atoms with E-state index in [1.807, 2.05) is 11.1 Å². The first-order valence-electron chi connectivity index (χ1n) is 6.29. The van der Waals surface area contributed by atoms with E-state index < -0.39 is 0 Å². The highest BCUT2D eigenvalue weighted by Gasteiger charge is 2.26. The van der Waals surface area contributed by atoms with E-state index in [1.165, 1.54) is 30.4 Å². The van der Waals surface area contributed by atoms with E-state index in [2.05, 4.69) is 61.9 Å². The predicted octanol–water partition coefficient (Wildman–Crippen LogP) is 5.92. The largest absolute Gasteiger partial charge is 0.0696 e. The fourth-order valence-corrected chi connectivity index (χ4v) is 2.62. The maximum Gasteiger partial charge on any atom is -0.0104 e. The van der Waals surface area contributed by atoms with Gasteiger partial charge in [0.15, 0.2) is 0 Å². The minimum atomic E-state index is 0.338. The van der Waals surface area contributed by atoms with E-state index in [9.17, 15) is 0 Å². The standard InChI is InChI=1S/C16H23Br/c1-13(7-6-12-17)9-10-15-14(2)8-5-11-16(15,3)4/h6-7,9-10,12H,5,8,11H2,1-4H3/b10-9+,12-6-,13-7+. The highest BCUT2D eigenvalue weighted by atomic mass is 79.9. The molecule has 0 fully saturated rings. The Hall–Kier alpha value is -0.560. The fourth-order valence-electron chi connectivity index (χ4n) is 2.47. The Kier molecular flexibility index (Phi) is 5.45. The summed E-state index contributed by atoms with van der Waals surface area (Å²) in [7, 11) is 0. The summed E-state index contributed by atoms with van der Waals surface area (Å²) >= 11 is 3.27. The molecule has 0 saturated heterocycles. The zero-order chi connectivity index (χ0) is 12.9. The van der Waals surface area contributed by atoms with Gasteiger partial charge < -0.3 is 0 Å². The third kappa shape index (κ3) is 4.31. The van der Waals surface area contributed by atoms with Crippen molar-refractivity contribution in [3.8, 4) is 0 Å². The first-order valence-corrected chi connectivity index (χ1v) is 7.21. The number of rotatable bonds is 3. The number of allylic oxidation sites excluding steroid dienone is 7. The predicted molar refractivity (Wildman–Crippen MR) is 81.3 cm³/mol. The van der Waals surface area contributed by atoms with Crippen LogP contribution in [0.15, 0.2) is 46.0 Å². The number of halogens is 1. The van der Waals surface area contributed by atoms with Crippen molar-refractivity contribution >= 4 is 15.9 Å². The molecule has 0 amide bonds. The van der Waals surface area contributed by atoms with Gasteiger partial charge in [-0.15, -0.1) is 0 Å². The van der Waals surface area contributed by atoms with Crippen LogP contribution in [0.2, 0.25) is 0 Å². The van der Waals surface area contributed by atoms with Crippen LogP contribution < -0.4 is 0 Å².